The van der Waals surface area contributed by atoms with Gasteiger partial charge in [0, 0.05) is 32.7 Å². The summed E-state index contributed by atoms with van der Waals surface area (Å²) < 4.78 is 1.01. The molecule has 1 fully saturated rings. The third-order valence-corrected chi connectivity index (χ3v) is 5.85. The Hall–Kier alpha value is -2.66. The quantitative estimate of drug-likeness (QED) is 0.343. The maximum absolute atomic E-state index is 12.8. The fraction of sp³-hybridized carbons (Fsp3) is 0.100. The second kappa shape index (κ2) is 9.23. The number of amides is 3. The number of anilines is 2. The van der Waals surface area contributed by atoms with Gasteiger partial charge < -0.3 is 10.4 Å². The highest BCUT2D eigenvalue weighted by Gasteiger charge is 2.40. The maximum atomic E-state index is 12.8. The molecule has 2 aromatic carbocycles. The number of halogens is 1. The first-order valence-corrected chi connectivity index (χ1v) is 10.4. The average Bonchev–Trinajstić information content (AvgIpc) is 2.94. The van der Waals surface area contributed by atoms with Gasteiger partial charge in [-0.25, -0.2) is 9.69 Å². The standard InChI is InChI=1S/C20H15IN2O5S/c21-12-4-6-14(7-5-12)23-18(25)11-16(20(23)28)29-15-3-1-2-13(10-15)22-17(24)8-9-19(26)27/h1-10,16H,11H2,(H,22,24)(H,26,27). The number of carboxylic acids is 1. The zero-order chi connectivity index (χ0) is 21.0. The van der Waals surface area contributed by atoms with Crippen LogP contribution in [-0.2, 0) is 19.2 Å². The third kappa shape index (κ3) is 5.45. The molecule has 2 aromatic rings. The van der Waals surface area contributed by atoms with E-state index in [4.69, 9.17) is 5.11 Å². The molecule has 0 aromatic heterocycles. The van der Waals surface area contributed by atoms with Crippen LogP contribution >= 0.6 is 34.4 Å². The van der Waals surface area contributed by atoms with Gasteiger partial charge in [-0.15, -0.1) is 11.8 Å². The smallest absolute Gasteiger partial charge is 0.328 e. The first-order chi connectivity index (χ1) is 13.8. The number of nitrogens with one attached hydrogen (secondary N) is 1. The molecule has 9 heteroatoms. The van der Waals surface area contributed by atoms with Crippen molar-refractivity contribution in [3.05, 3.63) is 64.3 Å². The van der Waals surface area contributed by atoms with E-state index in [0.717, 1.165) is 15.7 Å². The van der Waals surface area contributed by atoms with E-state index in [2.05, 4.69) is 27.9 Å². The molecule has 1 saturated heterocycles. The monoisotopic (exact) mass is 522 g/mol. The maximum Gasteiger partial charge on any atom is 0.328 e. The van der Waals surface area contributed by atoms with Gasteiger partial charge in [-0.3, -0.25) is 14.4 Å². The molecule has 0 aliphatic carbocycles. The van der Waals surface area contributed by atoms with Crippen LogP contribution in [-0.4, -0.2) is 34.0 Å². The van der Waals surface area contributed by atoms with Crippen molar-refractivity contribution in [2.24, 2.45) is 0 Å². The first kappa shape index (κ1) is 21.1. The number of hydrogen-bond acceptors (Lipinski definition) is 5. The summed E-state index contributed by atoms with van der Waals surface area (Å²) in [5, 5.41) is 10.6. The van der Waals surface area contributed by atoms with Crippen molar-refractivity contribution in [1.82, 2.24) is 0 Å². The van der Waals surface area contributed by atoms with E-state index in [-0.39, 0.29) is 18.2 Å². The Labute approximate surface area is 184 Å². The van der Waals surface area contributed by atoms with Gasteiger partial charge in [0.25, 0.3) is 0 Å². The molecule has 7 nitrogen and oxygen atoms in total. The molecule has 1 heterocycles. The Bertz CT molecular complexity index is 1010. The van der Waals surface area contributed by atoms with E-state index in [0.29, 0.717) is 16.3 Å². The van der Waals surface area contributed by atoms with Gasteiger partial charge in [-0.2, -0.15) is 0 Å². The average molecular weight is 522 g/mol. The number of carbonyl (C=O) groups is 4. The summed E-state index contributed by atoms with van der Waals surface area (Å²) in [5.74, 6) is -2.32. The molecule has 0 bridgehead atoms. The predicted molar refractivity (Wildman–Crippen MR) is 118 cm³/mol. The number of carboxylic acid groups (broad SMARTS) is 1. The minimum atomic E-state index is -1.22. The number of hydrogen-bond donors (Lipinski definition) is 2. The van der Waals surface area contributed by atoms with Crippen molar-refractivity contribution in [3.8, 4) is 0 Å². The van der Waals surface area contributed by atoms with Gasteiger partial charge in [0.1, 0.15) is 0 Å². The Morgan fingerprint density at radius 2 is 1.86 bits per heavy atom. The van der Waals surface area contributed by atoms with Crippen LogP contribution in [0.3, 0.4) is 0 Å². The summed E-state index contributed by atoms with van der Waals surface area (Å²) >= 11 is 3.40. The fourth-order valence-corrected chi connectivity index (χ4v) is 4.17. The molecule has 1 aliphatic rings. The van der Waals surface area contributed by atoms with Gasteiger partial charge in [-0.1, -0.05) is 6.07 Å². The lowest BCUT2D eigenvalue weighted by Crippen LogP contribution is -2.31. The molecule has 3 rings (SSSR count). The predicted octanol–water partition coefficient (Wildman–Crippen LogP) is 3.29. The van der Waals surface area contributed by atoms with Crippen LogP contribution in [0.4, 0.5) is 11.4 Å². The highest BCUT2D eigenvalue weighted by Crippen LogP contribution is 2.34. The van der Waals surface area contributed by atoms with E-state index >= 15 is 0 Å². The van der Waals surface area contributed by atoms with E-state index in [1.54, 1.807) is 36.4 Å². The number of thioether (sulfide) groups is 1. The summed E-state index contributed by atoms with van der Waals surface area (Å²) in [6, 6.07) is 14.0. The number of rotatable bonds is 6. The second-order valence-electron chi connectivity index (χ2n) is 6.04. The fourth-order valence-electron chi connectivity index (χ4n) is 2.70. The van der Waals surface area contributed by atoms with E-state index < -0.39 is 17.1 Å². The van der Waals surface area contributed by atoms with Gasteiger partial charge in [0.2, 0.25) is 17.7 Å². The highest BCUT2D eigenvalue weighted by atomic mass is 127. The number of benzene rings is 2. The number of aliphatic carboxylic acids is 1. The van der Waals surface area contributed by atoms with Gasteiger partial charge >= 0.3 is 5.97 Å². The Kier molecular flexibility index (Phi) is 6.70. The Morgan fingerprint density at radius 1 is 1.14 bits per heavy atom. The molecule has 1 aliphatic heterocycles. The van der Waals surface area contributed by atoms with Crippen LogP contribution in [0.5, 0.6) is 0 Å². The molecule has 0 saturated carbocycles. The topological polar surface area (TPSA) is 104 Å². The molecule has 1 atom stereocenters. The van der Waals surface area contributed by atoms with Crippen molar-refractivity contribution in [3.63, 3.8) is 0 Å². The molecular weight excluding hydrogens is 507 g/mol. The molecule has 2 N–H and O–H groups in total. The summed E-state index contributed by atoms with van der Waals surface area (Å²) in [6.45, 7) is 0. The lowest BCUT2D eigenvalue weighted by atomic mass is 10.3. The number of imide groups is 1. The largest absolute Gasteiger partial charge is 0.478 e. The van der Waals surface area contributed by atoms with Crippen molar-refractivity contribution in [1.29, 1.82) is 0 Å². The Morgan fingerprint density at radius 3 is 2.55 bits per heavy atom. The lowest BCUT2D eigenvalue weighted by Gasteiger charge is -2.15. The molecular formula is C20H15IN2O5S. The molecule has 1 unspecified atom stereocenters. The Balaban J connectivity index is 1.69. The van der Waals surface area contributed by atoms with Crippen LogP contribution < -0.4 is 10.2 Å². The van der Waals surface area contributed by atoms with Gasteiger partial charge in [-0.05, 0) is 65.1 Å². The third-order valence-electron chi connectivity index (χ3n) is 3.95. The van der Waals surface area contributed by atoms with Crippen molar-refractivity contribution < 1.29 is 24.3 Å². The van der Waals surface area contributed by atoms with Crippen molar-refractivity contribution in [2.75, 3.05) is 10.2 Å². The molecule has 0 spiro atoms. The molecule has 0 radical (unpaired) electrons. The zero-order valence-electron chi connectivity index (χ0n) is 14.9. The van der Waals surface area contributed by atoms with E-state index in [1.807, 2.05) is 12.1 Å². The highest BCUT2D eigenvalue weighted by molar-refractivity contribution is 14.1. The van der Waals surface area contributed by atoms with Crippen LogP contribution in [0, 0.1) is 3.57 Å². The normalized spacial score (nSPS) is 16.4. The van der Waals surface area contributed by atoms with Crippen LogP contribution in [0.25, 0.3) is 0 Å². The SMILES string of the molecule is O=C(O)C=CC(=O)Nc1cccc(SC2CC(=O)N(c3ccc(I)cc3)C2=O)c1. The minimum absolute atomic E-state index is 0.0907. The zero-order valence-corrected chi connectivity index (χ0v) is 17.8. The molecule has 29 heavy (non-hydrogen) atoms. The first-order valence-electron chi connectivity index (χ1n) is 8.44. The van der Waals surface area contributed by atoms with Crippen molar-refractivity contribution >= 4 is 69.4 Å². The van der Waals surface area contributed by atoms with Gasteiger partial charge in [0.05, 0.1) is 10.9 Å². The minimum Gasteiger partial charge on any atom is -0.478 e. The number of carbonyl (C=O) groups excluding carboxylic acids is 3. The molecule has 3 amide bonds. The number of nitrogens with zero attached hydrogens (tertiary/aromatic N) is 1. The lowest BCUT2D eigenvalue weighted by molar-refractivity contribution is -0.131. The van der Waals surface area contributed by atoms with Crippen molar-refractivity contribution in [2.45, 2.75) is 16.6 Å². The van der Waals surface area contributed by atoms with Crippen LogP contribution in [0.2, 0.25) is 0 Å². The summed E-state index contributed by atoms with van der Waals surface area (Å²) in [4.78, 5) is 49.3. The van der Waals surface area contributed by atoms with Crippen LogP contribution in [0.1, 0.15) is 6.42 Å². The van der Waals surface area contributed by atoms with E-state index in [9.17, 15) is 19.2 Å². The van der Waals surface area contributed by atoms with Crippen LogP contribution in [0.15, 0.2) is 65.6 Å². The summed E-state index contributed by atoms with van der Waals surface area (Å²) in [7, 11) is 0. The molecule has 148 valence electrons. The van der Waals surface area contributed by atoms with E-state index in [1.165, 1.54) is 16.7 Å². The summed E-state index contributed by atoms with van der Waals surface area (Å²) in [6.07, 6.45) is 1.75. The van der Waals surface area contributed by atoms with Gasteiger partial charge in [0.15, 0.2) is 0 Å². The summed E-state index contributed by atoms with van der Waals surface area (Å²) in [5.41, 5.74) is 1.01. The second-order valence-corrected chi connectivity index (χ2v) is 8.56.